The van der Waals surface area contributed by atoms with Crippen LogP contribution >= 0.6 is 11.8 Å². The van der Waals surface area contributed by atoms with Crippen molar-refractivity contribution >= 4 is 40.4 Å². The average Bonchev–Trinajstić information content (AvgIpc) is 3.38. The molecule has 1 atom stereocenters. The lowest BCUT2D eigenvalue weighted by atomic mass is 9.91. The third kappa shape index (κ3) is 5.36. The minimum absolute atomic E-state index is 0.0170. The third-order valence-electron chi connectivity index (χ3n) is 7.20. The number of benzene rings is 2. The number of para-hydroxylation sites is 1. The van der Waals surface area contributed by atoms with E-state index in [-0.39, 0.29) is 24.8 Å². The van der Waals surface area contributed by atoms with Crippen LogP contribution in [0.25, 0.3) is 5.70 Å². The number of carbonyl (C=O) groups excluding carboxylic acids is 3. The van der Waals surface area contributed by atoms with E-state index < -0.39 is 12.0 Å². The van der Waals surface area contributed by atoms with E-state index in [9.17, 15) is 14.4 Å². The molecule has 5 rings (SSSR count). The van der Waals surface area contributed by atoms with Crippen molar-refractivity contribution in [1.82, 2.24) is 14.7 Å². The second-order valence-corrected chi connectivity index (χ2v) is 10.4. The predicted octanol–water partition coefficient (Wildman–Crippen LogP) is 4.05. The molecule has 40 heavy (non-hydrogen) atoms. The molecule has 1 fully saturated rings. The number of fused-ring (bicyclic) bond motifs is 1. The molecule has 0 radical (unpaired) electrons. The van der Waals surface area contributed by atoms with Crippen LogP contribution in [0.2, 0.25) is 0 Å². The van der Waals surface area contributed by atoms with Gasteiger partial charge in [0.25, 0.3) is 0 Å². The van der Waals surface area contributed by atoms with Gasteiger partial charge >= 0.3 is 5.97 Å². The van der Waals surface area contributed by atoms with Crippen molar-refractivity contribution in [2.45, 2.75) is 26.3 Å². The van der Waals surface area contributed by atoms with Gasteiger partial charge in [-0.05, 0) is 18.4 Å². The molecule has 0 unspecified atom stereocenters. The van der Waals surface area contributed by atoms with Crippen molar-refractivity contribution < 1.29 is 23.9 Å². The fourth-order valence-corrected chi connectivity index (χ4v) is 6.13. The second-order valence-electron chi connectivity index (χ2n) is 9.55. The SMILES string of the molecule is CCOC(=O)C1=C(c2ccccc2)N=C2SC=C(CC(=O)N3CCN(C(C)=O)CC3)N2[C@H]1c1ccccc1OC. The van der Waals surface area contributed by atoms with Crippen LogP contribution in [0, 0.1) is 0 Å². The fourth-order valence-electron chi connectivity index (χ4n) is 5.21. The largest absolute Gasteiger partial charge is 0.496 e. The highest BCUT2D eigenvalue weighted by Crippen LogP contribution is 2.48. The highest BCUT2D eigenvalue weighted by Gasteiger charge is 2.43. The molecule has 2 amide bonds. The predicted molar refractivity (Wildman–Crippen MR) is 154 cm³/mol. The van der Waals surface area contributed by atoms with Gasteiger partial charge in [0.15, 0.2) is 5.17 Å². The van der Waals surface area contributed by atoms with Crippen LogP contribution in [-0.2, 0) is 19.1 Å². The number of amides is 2. The van der Waals surface area contributed by atoms with E-state index in [1.807, 2.05) is 64.9 Å². The Balaban J connectivity index is 1.55. The van der Waals surface area contributed by atoms with Crippen molar-refractivity contribution in [3.8, 4) is 5.75 Å². The highest BCUT2D eigenvalue weighted by molar-refractivity contribution is 8.16. The van der Waals surface area contributed by atoms with Gasteiger partial charge in [0.05, 0.1) is 37.4 Å². The van der Waals surface area contributed by atoms with E-state index >= 15 is 0 Å². The normalized spacial score (nSPS) is 18.7. The molecule has 3 heterocycles. The van der Waals surface area contributed by atoms with Crippen molar-refractivity contribution in [2.75, 3.05) is 39.9 Å². The summed E-state index contributed by atoms with van der Waals surface area (Å²) < 4.78 is 11.3. The molecule has 208 valence electrons. The first-order chi connectivity index (χ1) is 19.4. The van der Waals surface area contributed by atoms with Crippen LogP contribution in [0.1, 0.15) is 37.4 Å². The Bertz CT molecular complexity index is 1400. The van der Waals surface area contributed by atoms with Gasteiger partial charge in [0.2, 0.25) is 11.8 Å². The summed E-state index contributed by atoms with van der Waals surface area (Å²) in [5, 5.41) is 2.61. The molecule has 0 bridgehead atoms. The first-order valence-electron chi connectivity index (χ1n) is 13.3. The van der Waals surface area contributed by atoms with Crippen molar-refractivity contribution in [1.29, 1.82) is 0 Å². The van der Waals surface area contributed by atoms with E-state index in [2.05, 4.69) is 0 Å². The quantitative estimate of drug-likeness (QED) is 0.472. The Morgan fingerprint density at radius 3 is 2.33 bits per heavy atom. The number of aliphatic imine (C=N–C) groups is 1. The van der Waals surface area contributed by atoms with Crippen molar-refractivity contribution in [2.24, 2.45) is 4.99 Å². The van der Waals surface area contributed by atoms with Gasteiger partial charge in [-0.15, -0.1) is 0 Å². The lowest BCUT2D eigenvalue weighted by Crippen LogP contribution is -2.50. The summed E-state index contributed by atoms with van der Waals surface area (Å²) >= 11 is 1.43. The van der Waals surface area contributed by atoms with E-state index in [1.165, 1.54) is 11.8 Å². The summed E-state index contributed by atoms with van der Waals surface area (Å²) in [7, 11) is 1.60. The summed E-state index contributed by atoms with van der Waals surface area (Å²) in [6, 6.07) is 16.5. The van der Waals surface area contributed by atoms with Crippen LogP contribution < -0.4 is 4.74 Å². The highest BCUT2D eigenvalue weighted by atomic mass is 32.2. The molecule has 10 heteroatoms. The molecule has 0 aromatic heterocycles. The number of ether oxygens (including phenoxy) is 2. The maximum Gasteiger partial charge on any atom is 0.338 e. The molecule has 0 spiro atoms. The van der Waals surface area contributed by atoms with Gasteiger partial charge in [-0.25, -0.2) is 9.79 Å². The van der Waals surface area contributed by atoms with Crippen molar-refractivity contribution in [3.05, 3.63) is 82.4 Å². The molecular formula is C30H32N4O5S. The molecule has 3 aliphatic heterocycles. The number of piperazine rings is 1. The minimum atomic E-state index is -0.624. The molecule has 0 saturated carbocycles. The van der Waals surface area contributed by atoms with Gasteiger partial charge in [-0.3, -0.25) is 9.59 Å². The summed E-state index contributed by atoms with van der Waals surface area (Å²) in [6.45, 7) is 5.55. The number of hydrogen-bond donors (Lipinski definition) is 0. The van der Waals surface area contributed by atoms with Crippen molar-refractivity contribution in [3.63, 3.8) is 0 Å². The van der Waals surface area contributed by atoms with Crippen LogP contribution in [0.4, 0.5) is 0 Å². The Kier molecular flexibility index (Phi) is 8.25. The first-order valence-corrected chi connectivity index (χ1v) is 14.2. The Morgan fingerprint density at radius 2 is 1.65 bits per heavy atom. The fraction of sp³-hybridized carbons (Fsp3) is 0.333. The maximum atomic E-state index is 13.7. The molecule has 3 aliphatic rings. The standard InChI is InChI=1S/C30H32N4O5S/c1-4-39-29(37)26-27(21-10-6-5-7-11-21)31-30-34(28(26)23-12-8-9-13-24(23)38-3)22(19-40-30)18-25(36)33-16-14-32(15-17-33)20(2)35/h5-13,19,28H,4,14-18H2,1-3H3/t28-/m0/s1. The number of methoxy groups -OCH3 is 1. The number of esters is 1. The monoisotopic (exact) mass is 560 g/mol. The zero-order chi connectivity index (χ0) is 28.2. The average molecular weight is 561 g/mol. The molecule has 0 aliphatic carbocycles. The topological polar surface area (TPSA) is 91.8 Å². The first kappa shape index (κ1) is 27.5. The van der Waals surface area contributed by atoms with Crippen LogP contribution in [0.3, 0.4) is 0 Å². The number of rotatable bonds is 7. The van der Waals surface area contributed by atoms with E-state index in [4.69, 9.17) is 14.5 Å². The molecule has 0 N–H and O–H groups in total. The Hall–Kier alpha value is -4.05. The summed E-state index contributed by atoms with van der Waals surface area (Å²) in [5.74, 6) is 0.128. The van der Waals surface area contributed by atoms with Crippen LogP contribution in [0.15, 0.2) is 76.3 Å². The van der Waals surface area contributed by atoms with E-state index in [0.29, 0.717) is 48.4 Å². The second kappa shape index (κ2) is 12.0. The van der Waals surface area contributed by atoms with Crippen LogP contribution in [-0.4, -0.2) is 77.5 Å². The van der Waals surface area contributed by atoms with E-state index in [1.54, 1.807) is 30.8 Å². The van der Waals surface area contributed by atoms with Gasteiger partial charge in [0.1, 0.15) is 5.75 Å². The smallest absolute Gasteiger partial charge is 0.338 e. The van der Waals surface area contributed by atoms with E-state index in [0.717, 1.165) is 16.8 Å². The Morgan fingerprint density at radius 1 is 0.975 bits per heavy atom. The third-order valence-corrected chi connectivity index (χ3v) is 8.08. The summed E-state index contributed by atoms with van der Waals surface area (Å²) in [6.07, 6.45) is 0.133. The van der Waals surface area contributed by atoms with Gasteiger partial charge in [-0.1, -0.05) is 60.3 Å². The lowest BCUT2D eigenvalue weighted by Gasteiger charge is -2.38. The summed E-state index contributed by atoms with van der Waals surface area (Å²) in [5.41, 5.74) is 3.23. The molecular weight excluding hydrogens is 528 g/mol. The Labute approximate surface area is 238 Å². The molecule has 9 nitrogen and oxygen atoms in total. The number of carbonyl (C=O) groups is 3. The van der Waals surface area contributed by atoms with Crippen LogP contribution in [0.5, 0.6) is 5.75 Å². The lowest BCUT2D eigenvalue weighted by molar-refractivity contribution is -0.139. The summed E-state index contributed by atoms with van der Waals surface area (Å²) in [4.78, 5) is 49.3. The number of nitrogens with zero attached hydrogens (tertiary/aromatic N) is 4. The maximum absolute atomic E-state index is 13.7. The molecule has 1 saturated heterocycles. The number of amidine groups is 1. The number of thioether (sulfide) groups is 1. The zero-order valence-corrected chi connectivity index (χ0v) is 23.6. The zero-order valence-electron chi connectivity index (χ0n) is 22.8. The number of hydrogen-bond acceptors (Lipinski definition) is 8. The minimum Gasteiger partial charge on any atom is -0.496 e. The molecule has 2 aromatic rings. The molecule has 2 aromatic carbocycles. The van der Waals surface area contributed by atoms with Gasteiger partial charge in [-0.2, -0.15) is 0 Å². The van der Waals surface area contributed by atoms with Gasteiger partial charge in [0, 0.05) is 49.9 Å². The van der Waals surface area contributed by atoms with Gasteiger partial charge < -0.3 is 24.2 Å².